The molecule has 112 valence electrons. The number of hydrogen-bond acceptors (Lipinski definition) is 4. The van der Waals surface area contributed by atoms with Gasteiger partial charge in [-0.15, -0.1) is 0 Å². The molecule has 2 aromatic heterocycles. The first-order valence-electron chi connectivity index (χ1n) is 7.15. The van der Waals surface area contributed by atoms with E-state index in [1.165, 1.54) is 35.0 Å². The fraction of sp³-hybridized carbons (Fsp3) is 0.222. The van der Waals surface area contributed by atoms with Crippen LogP contribution >= 0.6 is 0 Å². The molecule has 22 heavy (non-hydrogen) atoms. The summed E-state index contributed by atoms with van der Waals surface area (Å²) >= 11 is 0. The summed E-state index contributed by atoms with van der Waals surface area (Å²) in [7, 11) is 0. The Labute approximate surface area is 128 Å². The molecule has 0 radical (unpaired) electrons. The quantitative estimate of drug-likeness (QED) is 0.463. The lowest BCUT2D eigenvalue weighted by atomic mass is 10.1. The molecule has 0 fully saturated rings. The van der Waals surface area contributed by atoms with E-state index in [4.69, 9.17) is 8.83 Å². The molecule has 0 aliphatic heterocycles. The van der Waals surface area contributed by atoms with Gasteiger partial charge in [-0.25, -0.2) is 9.97 Å². The molecule has 0 spiro atoms. The lowest BCUT2D eigenvalue weighted by Crippen LogP contribution is -1.79. The minimum Gasteiger partial charge on any atom is -0.443 e. The third-order valence-corrected chi connectivity index (χ3v) is 3.72. The minimum absolute atomic E-state index is 0.869. The Morgan fingerprint density at radius 3 is 2.18 bits per heavy atom. The summed E-state index contributed by atoms with van der Waals surface area (Å²) in [6.45, 7) is 8.23. The average molecular weight is 294 g/mol. The SMILES string of the molecule is Cc1cc(C)c2ncoc2c1.Cc1cc2ncoc2cc1C. The zero-order valence-corrected chi connectivity index (χ0v) is 13.2. The van der Waals surface area contributed by atoms with Crippen LogP contribution in [0, 0.1) is 27.7 Å². The molecule has 0 aliphatic rings. The highest BCUT2D eigenvalue weighted by molar-refractivity contribution is 5.76. The molecule has 4 nitrogen and oxygen atoms in total. The van der Waals surface area contributed by atoms with Crippen molar-refractivity contribution < 1.29 is 8.83 Å². The Morgan fingerprint density at radius 1 is 0.682 bits per heavy atom. The third-order valence-electron chi connectivity index (χ3n) is 3.72. The summed E-state index contributed by atoms with van der Waals surface area (Å²) in [6.07, 6.45) is 2.96. The van der Waals surface area contributed by atoms with E-state index in [0.717, 1.165) is 22.2 Å². The Hall–Kier alpha value is -2.62. The second kappa shape index (κ2) is 5.64. The van der Waals surface area contributed by atoms with Gasteiger partial charge in [-0.2, -0.15) is 0 Å². The lowest BCUT2D eigenvalue weighted by Gasteiger charge is -1.96. The Kier molecular flexibility index (Phi) is 3.67. The van der Waals surface area contributed by atoms with Gasteiger partial charge in [0.05, 0.1) is 0 Å². The van der Waals surface area contributed by atoms with E-state index in [2.05, 4.69) is 36.8 Å². The first-order valence-corrected chi connectivity index (χ1v) is 7.15. The zero-order chi connectivity index (χ0) is 15.7. The van der Waals surface area contributed by atoms with Crippen LogP contribution in [0.3, 0.4) is 0 Å². The van der Waals surface area contributed by atoms with E-state index in [1.807, 2.05) is 25.1 Å². The molecule has 0 saturated carbocycles. The monoisotopic (exact) mass is 294 g/mol. The van der Waals surface area contributed by atoms with E-state index < -0.39 is 0 Å². The summed E-state index contributed by atoms with van der Waals surface area (Å²) in [6, 6.07) is 8.14. The predicted molar refractivity (Wildman–Crippen MR) is 87.0 cm³/mol. The number of benzene rings is 2. The molecule has 0 unspecified atom stereocenters. The summed E-state index contributed by atoms with van der Waals surface area (Å²) in [5.74, 6) is 0. The Morgan fingerprint density at radius 2 is 1.36 bits per heavy atom. The molecule has 0 aliphatic carbocycles. The summed E-state index contributed by atoms with van der Waals surface area (Å²) < 4.78 is 10.3. The Balaban J connectivity index is 0.000000131. The standard InChI is InChI=1S/2C9H9NO/c1-6-3-8-9(4-7(6)2)11-5-10-8;1-6-3-7(2)9-8(4-6)11-5-10-9/h2*3-5H,1-2H3. The van der Waals surface area contributed by atoms with E-state index in [1.54, 1.807) is 0 Å². The van der Waals surface area contributed by atoms with Crippen LogP contribution in [0.2, 0.25) is 0 Å². The van der Waals surface area contributed by atoms with Crippen LogP contribution in [0.5, 0.6) is 0 Å². The van der Waals surface area contributed by atoms with Gasteiger partial charge in [0.25, 0.3) is 0 Å². The van der Waals surface area contributed by atoms with Gasteiger partial charge in [0, 0.05) is 0 Å². The number of nitrogens with zero attached hydrogens (tertiary/aromatic N) is 2. The van der Waals surface area contributed by atoms with Crippen molar-refractivity contribution in [3.8, 4) is 0 Å². The second-order valence-electron chi connectivity index (χ2n) is 5.54. The molecule has 0 amide bonds. The fourth-order valence-electron chi connectivity index (χ4n) is 2.42. The number of oxazole rings is 2. The van der Waals surface area contributed by atoms with E-state index >= 15 is 0 Å². The van der Waals surface area contributed by atoms with E-state index in [0.29, 0.717) is 0 Å². The summed E-state index contributed by atoms with van der Waals surface area (Å²) in [4.78, 5) is 8.15. The van der Waals surface area contributed by atoms with Crippen LogP contribution in [0.1, 0.15) is 22.3 Å². The minimum atomic E-state index is 0.869. The first kappa shape index (κ1) is 14.3. The van der Waals surface area contributed by atoms with Crippen LogP contribution in [-0.4, -0.2) is 9.97 Å². The van der Waals surface area contributed by atoms with Gasteiger partial charge < -0.3 is 8.83 Å². The van der Waals surface area contributed by atoms with Crippen LogP contribution in [0.15, 0.2) is 45.9 Å². The maximum atomic E-state index is 5.17. The van der Waals surface area contributed by atoms with E-state index in [9.17, 15) is 0 Å². The van der Waals surface area contributed by atoms with Crippen LogP contribution in [-0.2, 0) is 0 Å². The summed E-state index contributed by atoms with van der Waals surface area (Å²) in [5, 5.41) is 0. The first-order chi connectivity index (χ1) is 10.5. The largest absolute Gasteiger partial charge is 0.443 e. The molecule has 0 N–H and O–H groups in total. The van der Waals surface area contributed by atoms with E-state index in [-0.39, 0.29) is 0 Å². The predicted octanol–water partition coefficient (Wildman–Crippen LogP) is 4.89. The fourth-order valence-corrected chi connectivity index (χ4v) is 2.42. The van der Waals surface area contributed by atoms with Crippen molar-refractivity contribution in [1.29, 1.82) is 0 Å². The van der Waals surface area contributed by atoms with Gasteiger partial charge in [-0.05, 0) is 68.1 Å². The van der Waals surface area contributed by atoms with Crippen LogP contribution in [0.25, 0.3) is 22.2 Å². The van der Waals surface area contributed by atoms with Crippen molar-refractivity contribution in [3.05, 3.63) is 59.3 Å². The molecule has 0 bridgehead atoms. The van der Waals surface area contributed by atoms with Crippen LogP contribution < -0.4 is 0 Å². The topological polar surface area (TPSA) is 52.1 Å². The van der Waals surface area contributed by atoms with Gasteiger partial charge in [-0.3, -0.25) is 0 Å². The van der Waals surface area contributed by atoms with Crippen molar-refractivity contribution in [3.63, 3.8) is 0 Å². The zero-order valence-electron chi connectivity index (χ0n) is 13.2. The smallest absolute Gasteiger partial charge is 0.181 e. The summed E-state index contributed by atoms with van der Waals surface area (Å²) in [5.41, 5.74) is 8.54. The van der Waals surface area contributed by atoms with Gasteiger partial charge in [0.15, 0.2) is 24.0 Å². The normalized spacial score (nSPS) is 10.7. The molecular weight excluding hydrogens is 276 g/mol. The van der Waals surface area contributed by atoms with Crippen molar-refractivity contribution in [2.45, 2.75) is 27.7 Å². The average Bonchev–Trinajstić information content (AvgIpc) is 3.08. The van der Waals surface area contributed by atoms with Crippen molar-refractivity contribution >= 4 is 22.2 Å². The van der Waals surface area contributed by atoms with Gasteiger partial charge in [0.2, 0.25) is 0 Å². The molecule has 2 heterocycles. The number of aromatic nitrogens is 2. The Bertz CT molecular complexity index is 899. The van der Waals surface area contributed by atoms with Gasteiger partial charge in [-0.1, -0.05) is 6.07 Å². The highest BCUT2D eigenvalue weighted by atomic mass is 16.3. The third kappa shape index (κ3) is 2.72. The molecule has 4 rings (SSSR count). The molecule has 0 atom stereocenters. The van der Waals surface area contributed by atoms with Crippen molar-refractivity contribution in [2.75, 3.05) is 0 Å². The maximum Gasteiger partial charge on any atom is 0.181 e. The highest BCUT2D eigenvalue weighted by Gasteiger charge is 2.01. The lowest BCUT2D eigenvalue weighted by molar-refractivity contribution is 0.601. The van der Waals surface area contributed by atoms with Crippen LogP contribution in [0.4, 0.5) is 0 Å². The molecular formula is C18H18N2O2. The number of hydrogen-bond donors (Lipinski definition) is 0. The van der Waals surface area contributed by atoms with Gasteiger partial charge in [0.1, 0.15) is 11.0 Å². The number of rotatable bonds is 0. The number of aryl methyl sites for hydroxylation is 4. The number of fused-ring (bicyclic) bond motifs is 2. The van der Waals surface area contributed by atoms with Crippen molar-refractivity contribution in [2.24, 2.45) is 0 Å². The van der Waals surface area contributed by atoms with Crippen molar-refractivity contribution in [1.82, 2.24) is 9.97 Å². The van der Waals surface area contributed by atoms with Gasteiger partial charge >= 0.3 is 0 Å². The second-order valence-corrected chi connectivity index (χ2v) is 5.54. The highest BCUT2D eigenvalue weighted by Crippen LogP contribution is 2.18. The maximum absolute atomic E-state index is 5.17. The molecule has 2 aromatic carbocycles. The molecule has 0 saturated heterocycles. The molecule has 4 heteroatoms. The molecule has 4 aromatic rings.